The number of rotatable bonds is 6. The predicted octanol–water partition coefficient (Wildman–Crippen LogP) is 3.79. The Kier molecular flexibility index (Phi) is 5.34. The lowest BCUT2D eigenvalue weighted by atomic mass is 10.2. The van der Waals surface area contributed by atoms with Crippen molar-refractivity contribution in [3.05, 3.63) is 27.4 Å². The van der Waals surface area contributed by atoms with E-state index in [1.54, 1.807) is 0 Å². The summed E-state index contributed by atoms with van der Waals surface area (Å²) in [6.07, 6.45) is -4.74. The summed E-state index contributed by atoms with van der Waals surface area (Å²) in [7, 11) is 0. The molecule has 0 unspecified atom stereocenters. The van der Waals surface area contributed by atoms with Crippen LogP contribution in [0.4, 0.5) is 24.7 Å². The van der Waals surface area contributed by atoms with Gasteiger partial charge in [-0.15, -0.1) is 0 Å². The Labute approximate surface area is 111 Å². The van der Waals surface area contributed by atoms with Gasteiger partial charge in [-0.05, 0) is 12.8 Å². The van der Waals surface area contributed by atoms with Crippen LogP contribution in [-0.2, 0) is 0 Å². The summed E-state index contributed by atoms with van der Waals surface area (Å²) >= 11 is 5.59. The van der Waals surface area contributed by atoms with Crippen molar-refractivity contribution in [3.63, 3.8) is 0 Å². The monoisotopic (exact) mass is 297 g/mol. The van der Waals surface area contributed by atoms with E-state index in [0.29, 0.717) is 0 Å². The van der Waals surface area contributed by atoms with Gasteiger partial charge in [0.15, 0.2) is 0 Å². The second-order valence-electron chi connectivity index (χ2n) is 3.79. The maximum absolute atomic E-state index is 11.9. The third kappa shape index (κ3) is 6.23. The maximum Gasteiger partial charge on any atom is 0.389 e. The summed E-state index contributed by atoms with van der Waals surface area (Å²) in [5.41, 5.74) is -0.224. The topological polar surface area (TPSA) is 68.1 Å². The zero-order valence-corrected chi connectivity index (χ0v) is 10.5. The molecule has 0 aliphatic heterocycles. The summed E-state index contributed by atoms with van der Waals surface area (Å²) in [6, 6.07) is 2.27. The van der Waals surface area contributed by atoms with Crippen LogP contribution in [0.15, 0.2) is 12.1 Å². The zero-order valence-electron chi connectivity index (χ0n) is 9.71. The first-order chi connectivity index (χ1) is 8.78. The zero-order chi connectivity index (χ0) is 14.5. The molecule has 1 aromatic rings. The number of alkyl halides is 3. The summed E-state index contributed by atoms with van der Waals surface area (Å²) < 4.78 is 35.6. The molecule has 0 aromatic carbocycles. The Bertz CT molecular complexity index is 454. The van der Waals surface area contributed by atoms with Gasteiger partial charge in [-0.3, -0.25) is 10.1 Å². The molecule has 0 spiro atoms. The molecular weight excluding hydrogens is 287 g/mol. The summed E-state index contributed by atoms with van der Waals surface area (Å²) in [6.45, 7) is 0.237. The van der Waals surface area contributed by atoms with Crippen LogP contribution in [0, 0.1) is 10.1 Å². The van der Waals surface area contributed by atoms with E-state index in [1.165, 1.54) is 6.07 Å². The number of hydrogen-bond donors (Lipinski definition) is 1. The largest absolute Gasteiger partial charge is 0.389 e. The van der Waals surface area contributed by atoms with E-state index in [2.05, 4.69) is 10.3 Å². The molecule has 0 fully saturated rings. The fourth-order valence-electron chi connectivity index (χ4n) is 1.35. The smallest absolute Gasteiger partial charge is 0.370 e. The van der Waals surface area contributed by atoms with Crippen molar-refractivity contribution in [2.75, 3.05) is 11.9 Å². The van der Waals surface area contributed by atoms with Crippen molar-refractivity contribution in [1.82, 2.24) is 4.98 Å². The van der Waals surface area contributed by atoms with Gasteiger partial charge >= 0.3 is 6.18 Å². The average molecular weight is 298 g/mol. The van der Waals surface area contributed by atoms with Gasteiger partial charge in [0.05, 0.1) is 17.1 Å². The van der Waals surface area contributed by atoms with Crippen LogP contribution in [0.2, 0.25) is 5.15 Å². The Morgan fingerprint density at radius 3 is 2.63 bits per heavy atom. The lowest BCUT2D eigenvalue weighted by molar-refractivity contribution is -0.384. The lowest BCUT2D eigenvalue weighted by Crippen LogP contribution is -2.09. The van der Waals surface area contributed by atoms with Gasteiger partial charge in [0.25, 0.3) is 5.69 Å². The summed E-state index contributed by atoms with van der Waals surface area (Å²) in [5, 5.41) is 13.2. The molecular formula is C10H11ClF3N3O2. The molecule has 0 aliphatic carbocycles. The minimum atomic E-state index is -4.16. The number of nitrogens with one attached hydrogen (secondary N) is 1. The Morgan fingerprint density at radius 2 is 2.05 bits per heavy atom. The number of nitro groups is 1. The van der Waals surface area contributed by atoms with Gasteiger partial charge in [0, 0.05) is 13.0 Å². The average Bonchev–Trinajstić information content (AvgIpc) is 2.26. The van der Waals surface area contributed by atoms with Crippen LogP contribution in [0.5, 0.6) is 0 Å². The molecule has 106 valence electrons. The molecule has 0 saturated carbocycles. The van der Waals surface area contributed by atoms with Crippen molar-refractivity contribution < 1.29 is 18.1 Å². The van der Waals surface area contributed by atoms with Crippen molar-refractivity contribution in [3.8, 4) is 0 Å². The standard InChI is InChI=1S/C10H11ClF3N3O2/c11-8-5-7(17(18)19)6-9(16-8)15-4-2-1-3-10(12,13)14/h5-6H,1-4H2,(H,15,16). The first-order valence-electron chi connectivity index (χ1n) is 5.40. The van der Waals surface area contributed by atoms with E-state index in [1.807, 2.05) is 0 Å². The molecule has 0 aliphatic rings. The van der Waals surface area contributed by atoms with Crippen molar-refractivity contribution >= 4 is 23.1 Å². The molecule has 0 saturated heterocycles. The van der Waals surface area contributed by atoms with E-state index in [-0.39, 0.29) is 36.0 Å². The van der Waals surface area contributed by atoms with Gasteiger partial charge in [-0.2, -0.15) is 13.2 Å². The fraction of sp³-hybridized carbons (Fsp3) is 0.500. The van der Waals surface area contributed by atoms with Crippen LogP contribution in [0.25, 0.3) is 0 Å². The second-order valence-corrected chi connectivity index (χ2v) is 4.18. The van der Waals surface area contributed by atoms with Crippen LogP contribution < -0.4 is 5.32 Å². The fourth-order valence-corrected chi connectivity index (χ4v) is 1.55. The molecule has 5 nitrogen and oxygen atoms in total. The lowest BCUT2D eigenvalue weighted by Gasteiger charge is -2.07. The highest BCUT2D eigenvalue weighted by Gasteiger charge is 2.25. The summed E-state index contributed by atoms with van der Waals surface area (Å²) in [4.78, 5) is 13.7. The number of aromatic nitrogens is 1. The van der Waals surface area contributed by atoms with E-state index >= 15 is 0 Å². The van der Waals surface area contributed by atoms with Crippen LogP contribution in [0.1, 0.15) is 19.3 Å². The van der Waals surface area contributed by atoms with Gasteiger partial charge in [-0.1, -0.05) is 11.6 Å². The van der Waals surface area contributed by atoms with E-state index in [0.717, 1.165) is 6.07 Å². The Hall–Kier alpha value is -1.57. The van der Waals surface area contributed by atoms with Gasteiger partial charge in [0.2, 0.25) is 0 Å². The van der Waals surface area contributed by atoms with Crippen LogP contribution in [-0.4, -0.2) is 22.6 Å². The molecule has 0 radical (unpaired) electrons. The molecule has 1 rings (SSSR count). The van der Waals surface area contributed by atoms with Gasteiger partial charge < -0.3 is 5.32 Å². The molecule has 1 aromatic heterocycles. The highest BCUT2D eigenvalue weighted by atomic mass is 35.5. The number of hydrogen-bond acceptors (Lipinski definition) is 4. The van der Waals surface area contributed by atoms with Crippen molar-refractivity contribution in [2.24, 2.45) is 0 Å². The predicted molar refractivity (Wildman–Crippen MR) is 64.3 cm³/mol. The molecule has 0 bridgehead atoms. The number of anilines is 1. The highest BCUT2D eigenvalue weighted by Crippen LogP contribution is 2.23. The first-order valence-corrected chi connectivity index (χ1v) is 5.78. The van der Waals surface area contributed by atoms with Crippen LogP contribution >= 0.6 is 11.6 Å². The number of unbranched alkanes of at least 4 members (excludes halogenated alkanes) is 1. The first kappa shape index (κ1) is 15.5. The third-order valence-corrected chi connectivity index (χ3v) is 2.38. The SMILES string of the molecule is O=[N+]([O-])c1cc(Cl)nc(NCCCCC(F)(F)F)c1. The highest BCUT2D eigenvalue weighted by molar-refractivity contribution is 6.29. The number of nitrogens with zero attached hydrogens (tertiary/aromatic N) is 2. The minimum Gasteiger partial charge on any atom is -0.370 e. The van der Waals surface area contributed by atoms with E-state index in [9.17, 15) is 23.3 Å². The van der Waals surface area contributed by atoms with Gasteiger partial charge in [0.1, 0.15) is 11.0 Å². The summed E-state index contributed by atoms with van der Waals surface area (Å²) in [5.74, 6) is 0.172. The third-order valence-electron chi connectivity index (χ3n) is 2.18. The molecule has 19 heavy (non-hydrogen) atoms. The molecule has 1 heterocycles. The minimum absolute atomic E-state index is 0.0147. The Morgan fingerprint density at radius 1 is 1.37 bits per heavy atom. The van der Waals surface area contributed by atoms with Gasteiger partial charge in [-0.25, -0.2) is 4.98 Å². The van der Waals surface area contributed by atoms with Crippen molar-refractivity contribution in [2.45, 2.75) is 25.4 Å². The number of halogens is 4. The van der Waals surface area contributed by atoms with Crippen LogP contribution in [0.3, 0.4) is 0 Å². The Balaban J connectivity index is 2.43. The second kappa shape index (κ2) is 6.55. The van der Waals surface area contributed by atoms with E-state index < -0.39 is 17.5 Å². The maximum atomic E-state index is 11.9. The molecule has 1 N–H and O–H groups in total. The molecule has 0 atom stereocenters. The molecule has 0 amide bonds. The van der Waals surface area contributed by atoms with Crippen molar-refractivity contribution in [1.29, 1.82) is 0 Å². The normalized spacial score (nSPS) is 11.4. The molecule has 9 heteroatoms. The van der Waals surface area contributed by atoms with E-state index in [4.69, 9.17) is 11.6 Å². The number of pyridine rings is 1. The quantitative estimate of drug-likeness (QED) is 0.375.